The van der Waals surface area contributed by atoms with E-state index in [1.165, 1.54) is 262 Å². The third-order valence-electron chi connectivity index (χ3n) is 31.9. The van der Waals surface area contributed by atoms with Gasteiger partial charge in [0.25, 0.3) is 0 Å². The van der Waals surface area contributed by atoms with Crippen molar-refractivity contribution in [2.75, 3.05) is 4.90 Å². The zero-order valence-electron chi connectivity index (χ0n) is 76.3. The van der Waals surface area contributed by atoms with E-state index in [9.17, 15) is 0 Å². The minimum absolute atomic E-state index is 0.0159. The van der Waals surface area contributed by atoms with Crippen molar-refractivity contribution >= 4 is 60.9 Å². The molecule has 0 unspecified atom stereocenters. The van der Waals surface area contributed by atoms with Gasteiger partial charge in [-0.2, -0.15) is 0 Å². The maximum absolute atomic E-state index is 7.32. The van der Waals surface area contributed by atoms with Gasteiger partial charge in [-0.3, -0.25) is 0 Å². The van der Waals surface area contributed by atoms with E-state index in [0.717, 1.165) is 73.3 Å². The van der Waals surface area contributed by atoms with E-state index in [4.69, 9.17) is 8.83 Å². The number of benzene rings is 16. The van der Waals surface area contributed by atoms with Crippen molar-refractivity contribution in [1.82, 2.24) is 0 Å². The zero-order chi connectivity index (χ0) is 87.1. The average molecular weight is 1670 g/mol. The van der Waals surface area contributed by atoms with E-state index < -0.39 is 10.8 Å². The van der Waals surface area contributed by atoms with Gasteiger partial charge in [-0.1, -0.05) is 371 Å². The van der Waals surface area contributed by atoms with Crippen molar-refractivity contribution in [3.05, 3.63) is 376 Å². The van der Waals surface area contributed by atoms with Crippen molar-refractivity contribution in [2.45, 2.75) is 193 Å². The normalized spacial score (nSPS) is 15.1. The molecule has 2 heterocycles. The predicted octanol–water partition coefficient (Wildman–Crippen LogP) is 35.9. The standard InChI is InChI=1S/C126H111NO2/c1-11-13-15-17-19-34-64-126(65-35-20-18-16-14-12-2)103-44-30-26-41-91(103)96-59-51-81(70-110(96)126)80-50-58-93-95-61-53-84(72-107(95)123(5,6)105(93)69-80)102-76-112-117(119-100-43-29-33-47-115(100)129-121(102)119)98-63-55-87(74-109(98)125(112,9)10)127(113-45-31-27-40-90(113)77-36-22-21-23-37-77)86-54-62-97-108(73-86)124(7,8)111-75-101(120-118(116(97)111)99-42-28-32-46-114(99)128-120)83-52-60-94-92-57-49-79(68-104(92)122(3,4)106(94)71-83)78-48-56-89-85(66-78)67-82-38-24-25-39-88(82)89/h21-33,36-63,66,68-76H,11-20,34-35,64-65,67H2,1-10H3. The Kier molecular flexibility index (Phi) is 18.5. The van der Waals surface area contributed by atoms with Gasteiger partial charge < -0.3 is 13.7 Å². The topological polar surface area (TPSA) is 29.5 Å². The van der Waals surface area contributed by atoms with Gasteiger partial charge in [0.15, 0.2) is 0 Å². The fourth-order valence-electron chi connectivity index (χ4n) is 25.0. The van der Waals surface area contributed by atoms with Crippen molar-refractivity contribution in [2.24, 2.45) is 0 Å². The van der Waals surface area contributed by atoms with Gasteiger partial charge in [0.1, 0.15) is 22.3 Å². The highest BCUT2D eigenvalue weighted by Gasteiger charge is 2.47. The summed E-state index contributed by atoms with van der Waals surface area (Å²) in [5.41, 5.74) is 50.1. The van der Waals surface area contributed by atoms with Crippen LogP contribution >= 0.6 is 0 Å². The van der Waals surface area contributed by atoms with Crippen molar-refractivity contribution < 1.29 is 8.83 Å². The van der Waals surface area contributed by atoms with Crippen molar-refractivity contribution in [3.8, 4) is 122 Å². The lowest BCUT2D eigenvalue weighted by Gasteiger charge is -2.33. The van der Waals surface area contributed by atoms with Crippen LogP contribution in [0.2, 0.25) is 0 Å². The molecule has 0 aliphatic heterocycles. The maximum atomic E-state index is 7.32. The van der Waals surface area contributed by atoms with Gasteiger partial charge in [-0.15, -0.1) is 0 Å². The Morgan fingerprint density at radius 2 is 0.612 bits per heavy atom. The number of rotatable bonds is 22. The number of hydrogen-bond donors (Lipinski definition) is 0. The number of hydrogen-bond acceptors (Lipinski definition) is 3. The highest BCUT2D eigenvalue weighted by atomic mass is 16.3. The largest absolute Gasteiger partial charge is 0.455 e. The monoisotopic (exact) mass is 1670 g/mol. The number of anilines is 3. The van der Waals surface area contributed by atoms with Crippen LogP contribution < -0.4 is 4.90 Å². The first kappa shape index (κ1) is 79.3. The molecule has 0 saturated carbocycles. The fraction of sp³-hybridized carbons (Fsp3) is 0.238. The predicted molar refractivity (Wildman–Crippen MR) is 544 cm³/mol. The molecule has 0 radical (unpaired) electrons. The lowest BCUT2D eigenvalue weighted by Crippen LogP contribution is -2.25. The summed E-state index contributed by atoms with van der Waals surface area (Å²) in [4.78, 5) is 2.56. The Bertz CT molecular complexity index is 7670. The molecular weight excluding hydrogens is 1560 g/mol. The van der Waals surface area contributed by atoms with Crippen molar-refractivity contribution in [3.63, 3.8) is 0 Å². The maximum Gasteiger partial charge on any atom is 0.143 e. The van der Waals surface area contributed by atoms with Crippen LogP contribution in [0.25, 0.3) is 166 Å². The van der Waals surface area contributed by atoms with Crippen LogP contribution in [-0.4, -0.2) is 0 Å². The minimum atomic E-state index is -0.436. The molecule has 0 fully saturated rings. The van der Waals surface area contributed by atoms with E-state index in [1.807, 2.05) is 0 Å². The average Bonchev–Trinajstić information content (AvgIpc) is 1.53. The van der Waals surface area contributed by atoms with Crippen LogP contribution in [0.15, 0.2) is 318 Å². The molecule has 0 spiro atoms. The zero-order valence-corrected chi connectivity index (χ0v) is 76.3. The first-order chi connectivity index (χ1) is 62.9. The highest BCUT2D eigenvalue weighted by molar-refractivity contribution is 6.21. The molecule has 6 aliphatic carbocycles. The highest BCUT2D eigenvalue weighted by Crippen LogP contribution is 2.63. The summed E-state index contributed by atoms with van der Waals surface area (Å²) < 4.78 is 14.6. The Hall–Kier alpha value is -13.1. The summed E-state index contributed by atoms with van der Waals surface area (Å²) in [6, 6.07) is 119. The first-order valence-corrected chi connectivity index (χ1v) is 48.2. The molecular formula is C126H111NO2. The molecule has 0 N–H and O–H groups in total. The van der Waals surface area contributed by atoms with Gasteiger partial charge in [0.2, 0.25) is 0 Å². The van der Waals surface area contributed by atoms with Gasteiger partial charge in [0.05, 0.1) is 5.69 Å². The molecule has 632 valence electrons. The van der Waals surface area contributed by atoms with E-state index in [-0.39, 0.29) is 16.2 Å². The smallest absolute Gasteiger partial charge is 0.143 e. The molecule has 16 aromatic carbocycles. The SMILES string of the molecule is CCCCCCCCC1(CCCCCCCC)c2ccccc2-c2ccc(-c3ccc4c(c3)C(C)(C)c3cc(-c5cc6c(c7c5oc5ccccc57)-c5ccc(N(c7ccc8c(c7)C(C)(C)c7cc(-c9ccc%10c(c9)C(C)(C)c9cc(-c%11ccc%12c(c%11)Cc%11ccccc%11-%12)ccc9-%10)c9oc%10ccccc%10c9c7-8)c7ccccc7-c7ccccc7)cc5C6(C)C)ccc3-4)cc21. The molecule has 3 nitrogen and oxygen atoms in total. The molecule has 18 aromatic rings. The second-order valence-electron chi connectivity index (χ2n) is 40.6. The van der Waals surface area contributed by atoms with E-state index in [0.29, 0.717) is 0 Å². The summed E-state index contributed by atoms with van der Waals surface area (Å²) in [6.07, 6.45) is 19.1. The van der Waals surface area contributed by atoms with E-state index in [1.54, 1.807) is 11.1 Å². The van der Waals surface area contributed by atoms with Gasteiger partial charge in [0, 0.05) is 76.7 Å². The Labute approximate surface area is 760 Å². The first-order valence-electron chi connectivity index (χ1n) is 48.2. The molecule has 0 amide bonds. The third kappa shape index (κ3) is 12.1. The molecule has 129 heavy (non-hydrogen) atoms. The summed E-state index contributed by atoms with van der Waals surface area (Å²) in [5, 5.41) is 4.63. The Morgan fingerprint density at radius 1 is 0.248 bits per heavy atom. The van der Waals surface area contributed by atoms with E-state index >= 15 is 0 Å². The van der Waals surface area contributed by atoms with Gasteiger partial charge in [-0.05, 0) is 277 Å². The second kappa shape index (κ2) is 30.0. The van der Waals surface area contributed by atoms with Crippen LogP contribution in [-0.2, 0) is 33.5 Å². The molecule has 0 saturated heterocycles. The lowest BCUT2D eigenvalue weighted by atomic mass is 9.70. The molecule has 24 rings (SSSR count). The van der Waals surface area contributed by atoms with Gasteiger partial charge in [-0.25, -0.2) is 0 Å². The lowest BCUT2D eigenvalue weighted by molar-refractivity contribution is 0.398. The Balaban J connectivity index is 0.585. The van der Waals surface area contributed by atoms with Gasteiger partial charge >= 0.3 is 0 Å². The quantitative estimate of drug-likeness (QED) is 0.0634. The van der Waals surface area contributed by atoms with E-state index in [2.05, 4.69) is 384 Å². The summed E-state index contributed by atoms with van der Waals surface area (Å²) in [7, 11) is 0. The summed E-state index contributed by atoms with van der Waals surface area (Å²) >= 11 is 0. The fourth-order valence-corrected chi connectivity index (χ4v) is 25.0. The number of unbranched alkanes of at least 4 members (excludes halogenated alkanes) is 10. The Morgan fingerprint density at radius 3 is 1.13 bits per heavy atom. The summed E-state index contributed by atoms with van der Waals surface area (Å²) in [6.45, 7) is 24.3. The summed E-state index contributed by atoms with van der Waals surface area (Å²) in [5.74, 6) is 0. The van der Waals surface area contributed by atoms with Crippen LogP contribution in [0.3, 0.4) is 0 Å². The molecule has 0 atom stereocenters. The van der Waals surface area contributed by atoms with Crippen LogP contribution in [0.5, 0.6) is 0 Å². The number of fused-ring (bicyclic) bond motifs is 26. The van der Waals surface area contributed by atoms with Crippen molar-refractivity contribution in [1.29, 1.82) is 0 Å². The number of nitrogens with zero attached hydrogens (tertiary/aromatic N) is 1. The third-order valence-corrected chi connectivity index (χ3v) is 31.9. The minimum Gasteiger partial charge on any atom is -0.455 e. The second-order valence-corrected chi connectivity index (χ2v) is 40.6. The van der Waals surface area contributed by atoms with Crippen LogP contribution in [0.1, 0.15) is 226 Å². The number of furan rings is 2. The molecule has 3 heteroatoms. The molecule has 0 bridgehead atoms. The van der Waals surface area contributed by atoms with Crippen LogP contribution in [0, 0.1) is 0 Å². The number of para-hydroxylation sites is 3. The molecule has 6 aliphatic rings. The van der Waals surface area contributed by atoms with Crippen LogP contribution in [0.4, 0.5) is 17.1 Å². The molecule has 2 aromatic heterocycles.